The second-order valence-electron chi connectivity index (χ2n) is 4.33. The van der Waals surface area contributed by atoms with Crippen molar-refractivity contribution in [2.45, 2.75) is 18.9 Å². The molecular formula is C12H13F3N2O. The van der Waals surface area contributed by atoms with E-state index in [9.17, 15) is 18.0 Å². The number of hydrogen-bond donors (Lipinski definition) is 1. The van der Waals surface area contributed by atoms with Crippen molar-refractivity contribution < 1.29 is 18.0 Å². The Morgan fingerprint density at radius 1 is 1.33 bits per heavy atom. The van der Waals surface area contributed by atoms with Crippen molar-refractivity contribution in [2.75, 3.05) is 18.9 Å². The van der Waals surface area contributed by atoms with E-state index in [0.29, 0.717) is 12.1 Å². The fourth-order valence-corrected chi connectivity index (χ4v) is 1.67. The largest absolute Gasteiger partial charge is 0.371 e. The second kappa shape index (κ2) is 4.88. The number of nitrogens with one attached hydrogen (secondary N) is 1. The second-order valence-corrected chi connectivity index (χ2v) is 4.33. The summed E-state index contributed by atoms with van der Waals surface area (Å²) in [5.41, 5.74) is -0.478. The first kappa shape index (κ1) is 12.7. The van der Waals surface area contributed by atoms with Gasteiger partial charge in [-0.1, -0.05) is 0 Å². The number of nitrogens with zero attached hydrogens (tertiary/aromatic N) is 1. The number of likely N-dealkylation sites (N-methyl/N-ethyl adjacent to an activating group) is 1. The number of anilines is 1. The fraction of sp³-hybridized carbons (Fsp3) is 0.417. The summed E-state index contributed by atoms with van der Waals surface area (Å²) in [6.07, 6.45) is 1.92. The minimum atomic E-state index is -1.05. The van der Waals surface area contributed by atoms with Crippen molar-refractivity contribution in [2.24, 2.45) is 0 Å². The summed E-state index contributed by atoms with van der Waals surface area (Å²) >= 11 is 0. The molecule has 0 radical (unpaired) electrons. The lowest BCUT2D eigenvalue weighted by atomic mass is 10.2. The van der Waals surface area contributed by atoms with Crippen LogP contribution in [0.5, 0.6) is 0 Å². The number of rotatable bonds is 4. The van der Waals surface area contributed by atoms with E-state index in [4.69, 9.17) is 0 Å². The van der Waals surface area contributed by atoms with Crippen molar-refractivity contribution in [3.05, 3.63) is 29.6 Å². The normalized spacial score (nSPS) is 14.4. The van der Waals surface area contributed by atoms with Crippen LogP contribution in [0.1, 0.15) is 12.8 Å². The molecule has 3 nitrogen and oxygen atoms in total. The first-order valence-electron chi connectivity index (χ1n) is 5.63. The molecular weight excluding hydrogens is 245 g/mol. The van der Waals surface area contributed by atoms with Crippen LogP contribution in [0, 0.1) is 17.5 Å². The third-order valence-electron chi connectivity index (χ3n) is 2.91. The highest BCUT2D eigenvalue weighted by molar-refractivity contribution is 5.81. The summed E-state index contributed by atoms with van der Waals surface area (Å²) in [5, 5.41) is 2.36. The Hall–Kier alpha value is -1.72. The molecule has 0 bridgehead atoms. The molecule has 1 aromatic carbocycles. The predicted octanol–water partition coefficient (Wildman–Crippen LogP) is 2.14. The average Bonchev–Trinajstić information content (AvgIpc) is 3.09. The molecule has 0 heterocycles. The van der Waals surface area contributed by atoms with Gasteiger partial charge in [-0.2, -0.15) is 0 Å². The third kappa shape index (κ3) is 2.75. The number of carbonyl (C=O) groups is 1. The van der Waals surface area contributed by atoms with Gasteiger partial charge in [0.1, 0.15) is 11.5 Å². The van der Waals surface area contributed by atoms with Gasteiger partial charge in [0, 0.05) is 25.2 Å². The lowest BCUT2D eigenvalue weighted by Gasteiger charge is -2.17. The molecule has 1 aliphatic rings. The molecule has 1 N–H and O–H groups in total. The predicted molar refractivity (Wildman–Crippen MR) is 60.6 cm³/mol. The number of amides is 1. The van der Waals surface area contributed by atoms with Crippen molar-refractivity contribution in [1.82, 2.24) is 4.90 Å². The highest BCUT2D eigenvalue weighted by atomic mass is 19.1. The Balaban J connectivity index is 1.99. The van der Waals surface area contributed by atoms with Gasteiger partial charge in [-0.3, -0.25) is 4.79 Å². The lowest BCUT2D eigenvalue weighted by molar-refractivity contribution is -0.128. The van der Waals surface area contributed by atoms with E-state index >= 15 is 0 Å². The van der Waals surface area contributed by atoms with Gasteiger partial charge in [-0.05, 0) is 12.8 Å². The zero-order valence-electron chi connectivity index (χ0n) is 9.84. The summed E-state index contributed by atoms with van der Waals surface area (Å²) < 4.78 is 39.2. The van der Waals surface area contributed by atoms with Gasteiger partial charge in [-0.15, -0.1) is 0 Å². The van der Waals surface area contributed by atoms with Crippen LogP contribution >= 0.6 is 0 Å². The lowest BCUT2D eigenvalue weighted by Crippen LogP contribution is -2.34. The Labute approximate surface area is 103 Å². The van der Waals surface area contributed by atoms with Gasteiger partial charge >= 0.3 is 0 Å². The van der Waals surface area contributed by atoms with Crippen molar-refractivity contribution >= 4 is 11.6 Å². The topological polar surface area (TPSA) is 32.3 Å². The summed E-state index contributed by atoms with van der Waals surface area (Å²) in [4.78, 5) is 13.2. The van der Waals surface area contributed by atoms with E-state index < -0.39 is 23.1 Å². The Bertz CT molecular complexity index is 451. The molecule has 1 saturated carbocycles. The Morgan fingerprint density at radius 3 is 2.39 bits per heavy atom. The summed E-state index contributed by atoms with van der Waals surface area (Å²) in [7, 11) is 1.65. The van der Waals surface area contributed by atoms with Crippen LogP contribution in [0.4, 0.5) is 18.9 Å². The van der Waals surface area contributed by atoms with E-state index in [1.807, 2.05) is 0 Å². The van der Waals surface area contributed by atoms with E-state index in [2.05, 4.69) is 5.32 Å². The molecule has 0 aromatic heterocycles. The summed E-state index contributed by atoms with van der Waals surface area (Å²) in [5.74, 6) is -3.33. The zero-order valence-corrected chi connectivity index (χ0v) is 9.84. The molecule has 2 rings (SSSR count). The van der Waals surface area contributed by atoms with Crippen LogP contribution in [0.2, 0.25) is 0 Å². The van der Waals surface area contributed by atoms with E-state index in [-0.39, 0.29) is 18.5 Å². The number of benzene rings is 1. The minimum absolute atomic E-state index is 0.216. The highest BCUT2D eigenvalue weighted by Crippen LogP contribution is 2.25. The minimum Gasteiger partial charge on any atom is -0.371 e. The maximum Gasteiger partial charge on any atom is 0.241 e. The van der Waals surface area contributed by atoms with Crippen LogP contribution in [0.3, 0.4) is 0 Å². The van der Waals surface area contributed by atoms with Crippen LogP contribution in [0.25, 0.3) is 0 Å². The molecule has 0 spiro atoms. The molecule has 98 valence electrons. The molecule has 6 heteroatoms. The quantitative estimate of drug-likeness (QED) is 0.897. The number of halogens is 3. The maximum atomic E-state index is 13.3. The van der Waals surface area contributed by atoms with Gasteiger partial charge in [0.2, 0.25) is 5.91 Å². The SMILES string of the molecule is CN(C(=O)CNc1c(F)cc(F)cc1F)C1CC1. The highest BCUT2D eigenvalue weighted by Gasteiger charge is 2.29. The van der Waals surface area contributed by atoms with Gasteiger partial charge < -0.3 is 10.2 Å². The molecule has 1 aliphatic carbocycles. The monoisotopic (exact) mass is 258 g/mol. The number of hydrogen-bond acceptors (Lipinski definition) is 2. The van der Waals surface area contributed by atoms with Crippen molar-refractivity contribution in [3.8, 4) is 0 Å². The molecule has 0 atom stereocenters. The fourth-order valence-electron chi connectivity index (χ4n) is 1.67. The molecule has 1 amide bonds. The third-order valence-corrected chi connectivity index (χ3v) is 2.91. The first-order valence-corrected chi connectivity index (χ1v) is 5.63. The standard InChI is InChI=1S/C12H13F3N2O/c1-17(8-2-3-8)11(18)6-16-12-9(14)4-7(13)5-10(12)15/h4-5,8,16H,2-3,6H2,1H3. The van der Waals surface area contributed by atoms with Gasteiger partial charge in [-0.25, -0.2) is 13.2 Å². The average molecular weight is 258 g/mol. The molecule has 0 aliphatic heterocycles. The summed E-state index contributed by atoms with van der Waals surface area (Å²) in [6, 6.07) is 1.38. The van der Waals surface area contributed by atoms with Crippen molar-refractivity contribution in [1.29, 1.82) is 0 Å². The maximum absolute atomic E-state index is 13.3. The first-order chi connectivity index (χ1) is 8.49. The zero-order chi connectivity index (χ0) is 13.3. The van der Waals surface area contributed by atoms with Gasteiger partial charge in [0.15, 0.2) is 11.6 Å². The van der Waals surface area contributed by atoms with Crippen LogP contribution in [0.15, 0.2) is 12.1 Å². The van der Waals surface area contributed by atoms with E-state index in [0.717, 1.165) is 12.8 Å². The molecule has 18 heavy (non-hydrogen) atoms. The molecule has 0 unspecified atom stereocenters. The van der Waals surface area contributed by atoms with Crippen LogP contribution in [-0.4, -0.2) is 30.4 Å². The Morgan fingerprint density at radius 2 is 1.89 bits per heavy atom. The van der Waals surface area contributed by atoms with E-state index in [1.54, 1.807) is 11.9 Å². The Kier molecular flexibility index (Phi) is 3.45. The van der Waals surface area contributed by atoms with Gasteiger partial charge in [0.25, 0.3) is 0 Å². The van der Waals surface area contributed by atoms with Crippen molar-refractivity contribution in [3.63, 3.8) is 0 Å². The van der Waals surface area contributed by atoms with E-state index in [1.165, 1.54) is 0 Å². The molecule has 1 aromatic rings. The molecule has 1 fully saturated rings. The van der Waals surface area contributed by atoms with Gasteiger partial charge in [0.05, 0.1) is 6.54 Å². The molecule has 0 saturated heterocycles. The number of carbonyl (C=O) groups excluding carboxylic acids is 1. The smallest absolute Gasteiger partial charge is 0.241 e. The van der Waals surface area contributed by atoms with Crippen LogP contribution in [-0.2, 0) is 4.79 Å². The summed E-state index contributed by atoms with van der Waals surface area (Å²) in [6.45, 7) is -0.216. The van der Waals surface area contributed by atoms with Crippen LogP contribution < -0.4 is 5.32 Å².